The fraction of sp³-hybridized carbons (Fsp3) is 0.462. The van der Waals surface area contributed by atoms with Crippen molar-refractivity contribution in [3.05, 3.63) is 27.7 Å². The van der Waals surface area contributed by atoms with E-state index in [1.54, 1.807) is 19.9 Å². The highest BCUT2D eigenvalue weighted by Crippen LogP contribution is 2.40. The average Bonchev–Trinajstić information content (AvgIpc) is 2.20. The molecular weight excluding hydrogens is 307 g/mol. The van der Waals surface area contributed by atoms with Gasteiger partial charge in [0.05, 0.1) is 11.3 Å². The Hall–Kier alpha value is -0.840. The van der Waals surface area contributed by atoms with Crippen molar-refractivity contribution in [3.63, 3.8) is 0 Å². The van der Waals surface area contributed by atoms with E-state index in [2.05, 4.69) is 20.9 Å². The second kappa shape index (κ2) is 5.87. The molecule has 0 aliphatic carbocycles. The molecule has 100 valence electrons. The van der Waals surface area contributed by atoms with Crippen molar-refractivity contribution in [2.75, 3.05) is 0 Å². The lowest BCUT2D eigenvalue weighted by Gasteiger charge is -2.13. The van der Waals surface area contributed by atoms with E-state index >= 15 is 0 Å². The van der Waals surface area contributed by atoms with Crippen LogP contribution in [0.3, 0.4) is 0 Å². The lowest BCUT2D eigenvalue weighted by Crippen LogP contribution is -2.07. The smallest absolute Gasteiger partial charge is 0.257 e. The zero-order valence-electron chi connectivity index (χ0n) is 10.5. The number of rotatable bonds is 3. The minimum Gasteiger partial charge on any atom is -0.257 e. The summed E-state index contributed by atoms with van der Waals surface area (Å²) >= 11 is 3.09. The van der Waals surface area contributed by atoms with Gasteiger partial charge in [-0.1, -0.05) is 29.3 Å². The summed E-state index contributed by atoms with van der Waals surface area (Å²) in [6, 6.07) is 2.72. The molecule has 1 rings (SSSR count). The highest BCUT2D eigenvalue weighted by atomic mass is 79.9. The van der Waals surface area contributed by atoms with E-state index in [0.29, 0.717) is 22.2 Å². The summed E-state index contributed by atoms with van der Waals surface area (Å²) in [5.74, 6) is 0. The molecule has 0 spiro atoms. The van der Waals surface area contributed by atoms with Crippen LogP contribution in [0.15, 0.2) is 21.6 Å². The summed E-state index contributed by atoms with van der Waals surface area (Å²) < 4.78 is 39.3. The van der Waals surface area contributed by atoms with E-state index in [9.17, 15) is 13.2 Å². The van der Waals surface area contributed by atoms with Gasteiger partial charge in [0.25, 0.3) is 0 Å². The largest absolute Gasteiger partial charge is 0.418 e. The number of nitrogens with zero attached hydrogens (tertiary/aromatic N) is 1. The molecule has 0 aromatic heterocycles. The van der Waals surface area contributed by atoms with Crippen LogP contribution in [-0.2, 0) is 6.18 Å². The second-order valence-electron chi connectivity index (χ2n) is 4.21. The van der Waals surface area contributed by atoms with E-state index in [0.717, 1.165) is 12.5 Å². The fourth-order valence-corrected chi connectivity index (χ4v) is 2.28. The van der Waals surface area contributed by atoms with Crippen LogP contribution >= 0.6 is 15.9 Å². The van der Waals surface area contributed by atoms with Crippen molar-refractivity contribution in [2.24, 2.45) is 4.99 Å². The fourth-order valence-electron chi connectivity index (χ4n) is 1.71. The SMILES string of the molecule is CCCC(C)=Nc1c(C)cc(Br)cc1C(F)(F)F. The molecule has 0 atom stereocenters. The molecule has 0 unspecified atom stereocenters. The molecule has 0 amide bonds. The first kappa shape index (κ1) is 15.2. The van der Waals surface area contributed by atoms with Crippen LogP contribution < -0.4 is 0 Å². The van der Waals surface area contributed by atoms with E-state index in [4.69, 9.17) is 0 Å². The van der Waals surface area contributed by atoms with Crippen molar-refractivity contribution < 1.29 is 13.2 Å². The summed E-state index contributed by atoms with van der Waals surface area (Å²) in [5.41, 5.74) is 0.571. The minimum absolute atomic E-state index is 0.0247. The maximum absolute atomic E-state index is 13.0. The first-order valence-corrected chi connectivity index (χ1v) is 6.46. The molecule has 0 saturated heterocycles. The molecule has 0 aliphatic rings. The maximum Gasteiger partial charge on any atom is 0.418 e. The molecule has 1 nitrogen and oxygen atoms in total. The zero-order valence-corrected chi connectivity index (χ0v) is 12.1. The molecule has 0 N–H and O–H groups in total. The normalized spacial score (nSPS) is 12.9. The van der Waals surface area contributed by atoms with Crippen LogP contribution in [0, 0.1) is 6.92 Å². The standard InChI is InChI=1S/C13H15BrF3N/c1-4-5-9(3)18-12-8(2)6-10(14)7-11(12)13(15,16)17/h6-7H,4-5H2,1-3H3. The highest BCUT2D eigenvalue weighted by Gasteiger charge is 2.34. The van der Waals surface area contributed by atoms with Crippen molar-refractivity contribution in [1.29, 1.82) is 0 Å². The Balaban J connectivity index is 3.38. The molecular formula is C13H15BrF3N. The molecule has 18 heavy (non-hydrogen) atoms. The Morgan fingerprint density at radius 1 is 1.33 bits per heavy atom. The van der Waals surface area contributed by atoms with Gasteiger partial charge in [-0.3, -0.25) is 4.99 Å². The third-order valence-corrected chi connectivity index (χ3v) is 2.94. The monoisotopic (exact) mass is 321 g/mol. The number of alkyl halides is 3. The van der Waals surface area contributed by atoms with Gasteiger partial charge in [-0.05, 0) is 38.0 Å². The Bertz CT molecular complexity index is 464. The molecule has 0 bridgehead atoms. The maximum atomic E-state index is 13.0. The van der Waals surface area contributed by atoms with Crippen LogP contribution in [0.1, 0.15) is 37.8 Å². The summed E-state index contributed by atoms with van der Waals surface area (Å²) in [7, 11) is 0. The Kier molecular flexibility index (Phi) is 4.96. The number of halogens is 4. The quantitative estimate of drug-likeness (QED) is 0.636. The van der Waals surface area contributed by atoms with Crippen molar-refractivity contribution in [2.45, 2.75) is 39.8 Å². The predicted octanol–water partition coefficient (Wildman–Crippen LogP) is 5.67. The first-order chi connectivity index (χ1) is 8.25. The zero-order chi connectivity index (χ0) is 13.9. The molecule has 0 fully saturated rings. The summed E-state index contributed by atoms with van der Waals surface area (Å²) in [6.07, 6.45) is -2.82. The highest BCUT2D eigenvalue weighted by molar-refractivity contribution is 9.10. The van der Waals surface area contributed by atoms with E-state index in [-0.39, 0.29) is 5.69 Å². The topological polar surface area (TPSA) is 12.4 Å². The van der Waals surface area contributed by atoms with Crippen LogP contribution in [-0.4, -0.2) is 5.71 Å². The summed E-state index contributed by atoms with van der Waals surface area (Å²) in [4.78, 5) is 4.13. The van der Waals surface area contributed by atoms with Crippen LogP contribution in [0.2, 0.25) is 0 Å². The van der Waals surface area contributed by atoms with Crippen LogP contribution in [0.5, 0.6) is 0 Å². The van der Waals surface area contributed by atoms with Gasteiger partial charge in [-0.15, -0.1) is 0 Å². The molecule has 0 aliphatic heterocycles. The lowest BCUT2D eigenvalue weighted by atomic mass is 10.1. The van der Waals surface area contributed by atoms with Gasteiger partial charge in [0, 0.05) is 10.2 Å². The minimum atomic E-state index is -4.39. The number of hydrogen-bond donors (Lipinski definition) is 0. The summed E-state index contributed by atoms with van der Waals surface area (Å²) in [6.45, 7) is 5.36. The second-order valence-corrected chi connectivity index (χ2v) is 5.13. The van der Waals surface area contributed by atoms with E-state index < -0.39 is 11.7 Å². The van der Waals surface area contributed by atoms with Crippen LogP contribution in [0.25, 0.3) is 0 Å². The number of aryl methyl sites for hydroxylation is 1. The van der Waals surface area contributed by atoms with Gasteiger partial charge in [0.15, 0.2) is 0 Å². The van der Waals surface area contributed by atoms with E-state index in [1.165, 1.54) is 0 Å². The summed E-state index contributed by atoms with van der Waals surface area (Å²) in [5, 5.41) is 0. The van der Waals surface area contributed by atoms with Crippen LogP contribution in [0.4, 0.5) is 18.9 Å². The number of benzene rings is 1. The van der Waals surface area contributed by atoms with Gasteiger partial charge >= 0.3 is 6.18 Å². The first-order valence-electron chi connectivity index (χ1n) is 5.67. The van der Waals surface area contributed by atoms with Gasteiger partial charge in [0.1, 0.15) is 0 Å². The van der Waals surface area contributed by atoms with Gasteiger partial charge < -0.3 is 0 Å². The number of aliphatic imine (C=N–C) groups is 1. The van der Waals surface area contributed by atoms with Gasteiger partial charge in [-0.25, -0.2) is 0 Å². The van der Waals surface area contributed by atoms with Gasteiger partial charge in [-0.2, -0.15) is 13.2 Å². The molecule has 1 aromatic carbocycles. The Morgan fingerprint density at radius 3 is 2.44 bits per heavy atom. The molecule has 1 aromatic rings. The molecule has 0 heterocycles. The number of hydrogen-bond acceptors (Lipinski definition) is 1. The third kappa shape index (κ3) is 3.83. The van der Waals surface area contributed by atoms with Crippen molar-refractivity contribution in [3.8, 4) is 0 Å². The lowest BCUT2D eigenvalue weighted by molar-refractivity contribution is -0.137. The Morgan fingerprint density at radius 2 is 1.94 bits per heavy atom. The molecule has 5 heteroatoms. The Labute approximate surface area is 113 Å². The predicted molar refractivity (Wildman–Crippen MR) is 71.6 cm³/mol. The van der Waals surface area contributed by atoms with Gasteiger partial charge in [0.2, 0.25) is 0 Å². The van der Waals surface area contributed by atoms with Crippen molar-refractivity contribution >= 4 is 27.3 Å². The third-order valence-electron chi connectivity index (χ3n) is 2.49. The molecule has 0 saturated carbocycles. The average molecular weight is 322 g/mol. The van der Waals surface area contributed by atoms with E-state index in [1.807, 2.05) is 6.92 Å². The molecule has 0 radical (unpaired) electrons. The van der Waals surface area contributed by atoms with Crippen molar-refractivity contribution in [1.82, 2.24) is 0 Å².